The van der Waals surface area contributed by atoms with Gasteiger partial charge in [-0.05, 0) is 24.0 Å². The summed E-state index contributed by atoms with van der Waals surface area (Å²) in [6.45, 7) is 4.48. The molecule has 102 valence electrons. The van der Waals surface area contributed by atoms with Crippen LogP contribution in [0.25, 0.3) is 11.0 Å². The molecule has 0 aliphatic rings. The first-order valence-corrected chi connectivity index (χ1v) is 6.92. The molecule has 2 unspecified atom stereocenters. The molecular weight excluding hydrogens is 236 g/mol. The Morgan fingerprint density at radius 2 is 2.05 bits per heavy atom. The average molecular weight is 258 g/mol. The normalized spacial score (nSPS) is 14.5. The van der Waals surface area contributed by atoms with Gasteiger partial charge in [0.25, 0.3) is 0 Å². The van der Waals surface area contributed by atoms with Gasteiger partial charge in [-0.25, -0.2) is 0 Å². The molecule has 4 heteroatoms. The van der Waals surface area contributed by atoms with Gasteiger partial charge in [0.05, 0.1) is 11.0 Å². The second kappa shape index (κ2) is 6.59. The highest BCUT2D eigenvalue weighted by molar-refractivity contribution is 5.78. The molecule has 0 aliphatic carbocycles. The van der Waals surface area contributed by atoms with Crippen LogP contribution >= 0.6 is 0 Å². The van der Waals surface area contributed by atoms with Crippen LogP contribution in [0.2, 0.25) is 0 Å². The van der Waals surface area contributed by atoms with Crippen LogP contribution in [0, 0.1) is 5.92 Å². The standard InChI is InChI=1S/C15H22N4/c1-3-5-11(2)10-14(19-16)12-6-4-7-13-15(12)18-9-8-17-13/h4,6-9,11,14,19H,3,5,10,16H2,1-2H3. The zero-order valence-corrected chi connectivity index (χ0v) is 11.6. The molecule has 19 heavy (non-hydrogen) atoms. The maximum Gasteiger partial charge on any atom is 0.0935 e. The van der Waals surface area contributed by atoms with Crippen molar-refractivity contribution in [1.82, 2.24) is 15.4 Å². The summed E-state index contributed by atoms with van der Waals surface area (Å²) < 4.78 is 0. The quantitative estimate of drug-likeness (QED) is 0.617. The van der Waals surface area contributed by atoms with E-state index in [0.29, 0.717) is 5.92 Å². The maximum atomic E-state index is 5.74. The highest BCUT2D eigenvalue weighted by atomic mass is 15.2. The van der Waals surface area contributed by atoms with Crippen molar-refractivity contribution in [2.24, 2.45) is 11.8 Å². The Morgan fingerprint density at radius 3 is 2.79 bits per heavy atom. The smallest absolute Gasteiger partial charge is 0.0935 e. The highest BCUT2D eigenvalue weighted by Gasteiger charge is 2.16. The average Bonchev–Trinajstić information content (AvgIpc) is 2.44. The molecule has 2 aromatic rings. The molecule has 0 saturated carbocycles. The number of aromatic nitrogens is 2. The predicted octanol–water partition coefficient (Wildman–Crippen LogP) is 2.96. The molecule has 3 N–H and O–H groups in total. The van der Waals surface area contributed by atoms with Crippen molar-refractivity contribution in [1.29, 1.82) is 0 Å². The van der Waals surface area contributed by atoms with Crippen LogP contribution < -0.4 is 11.3 Å². The fourth-order valence-corrected chi connectivity index (χ4v) is 2.59. The molecule has 0 spiro atoms. The molecule has 0 fully saturated rings. The fourth-order valence-electron chi connectivity index (χ4n) is 2.59. The number of nitrogens with zero attached hydrogens (tertiary/aromatic N) is 2. The minimum Gasteiger partial charge on any atom is -0.271 e. The summed E-state index contributed by atoms with van der Waals surface area (Å²) in [5.74, 6) is 6.38. The molecular formula is C15H22N4. The van der Waals surface area contributed by atoms with E-state index < -0.39 is 0 Å². The predicted molar refractivity (Wildman–Crippen MR) is 78.3 cm³/mol. The van der Waals surface area contributed by atoms with Gasteiger partial charge in [0.2, 0.25) is 0 Å². The van der Waals surface area contributed by atoms with Crippen molar-refractivity contribution in [3.63, 3.8) is 0 Å². The van der Waals surface area contributed by atoms with Crippen LogP contribution in [0.5, 0.6) is 0 Å². The van der Waals surface area contributed by atoms with Crippen molar-refractivity contribution >= 4 is 11.0 Å². The Labute approximate surface area is 114 Å². The molecule has 0 saturated heterocycles. The number of rotatable bonds is 6. The van der Waals surface area contributed by atoms with Crippen LogP contribution in [0.1, 0.15) is 44.7 Å². The van der Waals surface area contributed by atoms with Crippen LogP contribution in [-0.4, -0.2) is 9.97 Å². The second-order valence-corrected chi connectivity index (χ2v) is 5.12. The molecule has 2 rings (SSSR count). The number of nitrogens with two attached hydrogens (primary N) is 1. The zero-order chi connectivity index (χ0) is 13.7. The highest BCUT2D eigenvalue weighted by Crippen LogP contribution is 2.27. The first-order valence-electron chi connectivity index (χ1n) is 6.92. The number of hydrogen-bond donors (Lipinski definition) is 2. The van der Waals surface area contributed by atoms with Crippen molar-refractivity contribution in [2.45, 2.75) is 39.2 Å². The third kappa shape index (κ3) is 3.28. The van der Waals surface area contributed by atoms with E-state index in [1.165, 1.54) is 12.8 Å². The van der Waals surface area contributed by atoms with Crippen LogP contribution in [0.15, 0.2) is 30.6 Å². The number of hydrazine groups is 1. The van der Waals surface area contributed by atoms with Gasteiger partial charge in [0, 0.05) is 18.4 Å². The molecule has 1 aromatic carbocycles. The topological polar surface area (TPSA) is 63.8 Å². The van der Waals surface area contributed by atoms with Crippen LogP contribution in [-0.2, 0) is 0 Å². The Bertz CT molecular complexity index is 521. The summed E-state index contributed by atoms with van der Waals surface area (Å²) in [5, 5.41) is 0. The molecule has 2 atom stereocenters. The molecule has 0 bridgehead atoms. The lowest BCUT2D eigenvalue weighted by atomic mass is 9.92. The van der Waals surface area contributed by atoms with Crippen molar-refractivity contribution in [3.05, 3.63) is 36.2 Å². The van der Waals surface area contributed by atoms with E-state index in [9.17, 15) is 0 Å². The molecule has 0 amide bonds. The Balaban J connectivity index is 2.30. The lowest BCUT2D eigenvalue weighted by Gasteiger charge is -2.21. The Hall–Kier alpha value is -1.52. The van der Waals surface area contributed by atoms with E-state index in [0.717, 1.165) is 23.0 Å². The van der Waals surface area contributed by atoms with Gasteiger partial charge in [-0.1, -0.05) is 38.8 Å². The second-order valence-electron chi connectivity index (χ2n) is 5.12. The first kappa shape index (κ1) is 13.9. The summed E-state index contributed by atoms with van der Waals surface area (Å²) >= 11 is 0. The maximum absolute atomic E-state index is 5.74. The number of hydrogen-bond acceptors (Lipinski definition) is 4. The first-order chi connectivity index (χ1) is 9.26. The monoisotopic (exact) mass is 258 g/mol. The summed E-state index contributed by atoms with van der Waals surface area (Å²) in [4.78, 5) is 8.79. The van der Waals surface area contributed by atoms with Crippen LogP contribution in [0.4, 0.5) is 0 Å². The summed E-state index contributed by atoms with van der Waals surface area (Å²) in [7, 11) is 0. The number of nitrogens with one attached hydrogen (secondary N) is 1. The summed E-state index contributed by atoms with van der Waals surface area (Å²) in [5.41, 5.74) is 5.93. The third-order valence-corrected chi connectivity index (χ3v) is 3.53. The lowest BCUT2D eigenvalue weighted by Crippen LogP contribution is -2.29. The minimum atomic E-state index is 0.127. The summed E-state index contributed by atoms with van der Waals surface area (Å²) in [6, 6.07) is 6.21. The third-order valence-electron chi connectivity index (χ3n) is 3.53. The van der Waals surface area contributed by atoms with Gasteiger partial charge < -0.3 is 0 Å². The van der Waals surface area contributed by atoms with Gasteiger partial charge >= 0.3 is 0 Å². The Morgan fingerprint density at radius 1 is 1.26 bits per heavy atom. The van der Waals surface area contributed by atoms with E-state index in [2.05, 4.69) is 35.3 Å². The van der Waals surface area contributed by atoms with Gasteiger partial charge in [-0.3, -0.25) is 21.2 Å². The molecule has 4 nitrogen and oxygen atoms in total. The summed E-state index contributed by atoms with van der Waals surface area (Å²) in [6.07, 6.45) is 6.88. The number of fused-ring (bicyclic) bond motifs is 1. The van der Waals surface area contributed by atoms with E-state index >= 15 is 0 Å². The van der Waals surface area contributed by atoms with Gasteiger partial charge in [0.15, 0.2) is 0 Å². The number of benzene rings is 1. The molecule has 0 radical (unpaired) electrons. The van der Waals surface area contributed by atoms with Crippen molar-refractivity contribution in [2.75, 3.05) is 0 Å². The van der Waals surface area contributed by atoms with Gasteiger partial charge in [-0.2, -0.15) is 0 Å². The lowest BCUT2D eigenvalue weighted by molar-refractivity contribution is 0.396. The van der Waals surface area contributed by atoms with E-state index in [-0.39, 0.29) is 6.04 Å². The van der Waals surface area contributed by atoms with E-state index in [4.69, 9.17) is 5.84 Å². The molecule has 1 aromatic heterocycles. The van der Waals surface area contributed by atoms with E-state index in [1.807, 2.05) is 12.1 Å². The molecule has 0 aliphatic heterocycles. The SMILES string of the molecule is CCCC(C)CC(NN)c1cccc2nccnc12. The van der Waals surface area contributed by atoms with Gasteiger partial charge in [-0.15, -0.1) is 0 Å². The van der Waals surface area contributed by atoms with Gasteiger partial charge in [0.1, 0.15) is 0 Å². The molecule has 1 heterocycles. The fraction of sp³-hybridized carbons (Fsp3) is 0.467. The van der Waals surface area contributed by atoms with Crippen LogP contribution in [0.3, 0.4) is 0 Å². The Kier molecular flexibility index (Phi) is 4.82. The largest absolute Gasteiger partial charge is 0.271 e. The number of para-hydroxylation sites is 1. The van der Waals surface area contributed by atoms with Crippen molar-refractivity contribution < 1.29 is 0 Å². The van der Waals surface area contributed by atoms with Crippen molar-refractivity contribution in [3.8, 4) is 0 Å². The van der Waals surface area contributed by atoms with E-state index in [1.54, 1.807) is 12.4 Å². The zero-order valence-electron chi connectivity index (χ0n) is 11.6. The minimum absolute atomic E-state index is 0.127.